The highest BCUT2D eigenvalue weighted by Crippen LogP contribution is 2.26. The Morgan fingerprint density at radius 2 is 0.471 bits per heavy atom. The van der Waals surface area contributed by atoms with Gasteiger partial charge in [-0.05, 0) is 68.8 Å². The second kappa shape index (κ2) is 19.5. The second-order valence-corrected chi connectivity index (χ2v) is 16.1. The first-order chi connectivity index (χ1) is 34.3. The van der Waals surface area contributed by atoms with Crippen LogP contribution in [0, 0.1) is 5.41 Å². The lowest BCUT2D eigenvalue weighted by Crippen LogP contribution is -2.23. The highest BCUT2D eigenvalue weighted by Gasteiger charge is 2.28. The van der Waals surface area contributed by atoms with Gasteiger partial charge in [-0.1, -0.05) is 194 Å². The molecule has 0 saturated heterocycles. The van der Waals surface area contributed by atoms with E-state index in [9.17, 15) is 24.6 Å². The molecule has 0 atom stereocenters. The van der Waals surface area contributed by atoms with E-state index >= 15 is 0 Å². The Kier molecular flexibility index (Phi) is 12.3. The number of nitrogens with one attached hydrogen (secondary N) is 1. The van der Waals surface area contributed by atoms with E-state index in [0.29, 0.717) is 5.56 Å². The third-order valence-corrected chi connectivity index (χ3v) is 11.5. The zero-order valence-electron chi connectivity index (χ0n) is 37.1. The topological polar surface area (TPSA) is 169 Å². The van der Waals surface area contributed by atoms with Crippen LogP contribution in [0.1, 0.15) is 76.4 Å². The summed E-state index contributed by atoms with van der Waals surface area (Å²) < 4.78 is 0. The molecule has 2 heterocycles. The maximum atomic E-state index is 14.9. The van der Waals surface area contributed by atoms with Gasteiger partial charge in [0.05, 0.1) is 0 Å². The molecule has 8 aromatic carbocycles. The first kappa shape index (κ1) is 44.0. The maximum absolute atomic E-state index is 14.9. The van der Waals surface area contributed by atoms with Gasteiger partial charge in [-0.2, -0.15) is 0 Å². The largest absolute Gasteiger partial charge is 0.296 e. The number of aromatic nitrogens is 6. The van der Waals surface area contributed by atoms with Crippen LogP contribution in [0.25, 0.3) is 44.5 Å². The van der Waals surface area contributed by atoms with Gasteiger partial charge in [-0.15, -0.1) is 0 Å². The molecule has 0 aliphatic rings. The SMILES string of the molecule is N=C(c1cccc(-c2ccccc2)c1)c1nc(C(=O)c2cccc(-c3ccccc3)c2)nc(C(=O)c2nc(C(=O)c3cccc(-c4ccccc4)c3)nc(C(=O)c3cccc(-c4ccccc4)c3)n2)n1. The Labute approximate surface area is 401 Å². The molecule has 1 N–H and O–H groups in total. The molecule has 0 saturated carbocycles. The number of carbonyl (C=O) groups excluding carboxylic acids is 4. The third kappa shape index (κ3) is 9.39. The molecule has 11 nitrogen and oxygen atoms in total. The van der Waals surface area contributed by atoms with Crippen LogP contribution in [0.2, 0.25) is 0 Å². The summed E-state index contributed by atoms with van der Waals surface area (Å²) in [5, 5.41) is 9.39. The van der Waals surface area contributed by atoms with Crippen molar-refractivity contribution >= 4 is 28.8 Å². The van der Waals surface area contributed by atoms with Crippen LogP contribution in [-0.4, -0.2) is 58.7 Å². The van der Waals surface area contributed by atoms with E-state index in [4.69, 9.17) is 0 Å². The highest BCUT2D eigenvalue weighted by molar-refractivity contribution is 6.14. The fourth-order valence-corrected chi connectivity index (χ4v) is 7.88. The smallest absolute Gasteiger partial charge is 0.267 e. The fourth-order valence-electron chi connectivity index (χ4n) is 7.88. The van der Waals surface area contributed by atoms with Crippen LogP contribution in [0.5, 0.6) is 0 Å². The van der Waals surface area contributed by atoms with E-state index in [1.54, 1.807) is 72.8 Å². The van der Waals surface area contributed by atoms with Crippen LogP contribution in [0.3, 0.4) is 0 Å². The van der Waals surface area contributed by atoms with E-state index in [2.05, 4.69) is 29.9 Å². The first-order valence-corrected chi connectivity index (χ1v) is 22.2. The van der Waals surface area contributed by atoms with Gasteiger partial charge in [-0.25, -0.2) is 29.9 Å². The lowest BCUT2D eigenvalue weighted by atomic mass is 10.0. The van der Waals surface area contributed by atoms with Crippen molar-refractivity contribution in [2.75, 3.05) is 0 Å². The number of benzene rings is 8. The van der Waals surface area contributed by atoms with Crippen molar-refractivity contribution in [1.29, 1.82) is 5.41 Å². The number of hydrogen-bond acceptors (Lipinski definition) is 11. The monoisotopic (exact) mass is 907 g/mol. The van der Waals surface area contributed by atoms with Crippen molar-refractivity contribution in [3.05, 3.63) is 276 Å². The lowest BCUT2D eigenvalue weighted by molar-refractivity contribution is 0.101. The van der Waals surface area contributed by atoms with Gasteiger partial charge in [0, 0.05) is 22.3 Å². The number of carbonyl (C=O) groups is 4. The molecule has 10 aromatic rings. The van der Waals surface area contributed by atoms with E-state index in [1.165, 1.54) is 0 Å². The summed E-state index contributed by atoms with van der Waals surface area (Å²) in [5.74, 6) is -6.01. The van der Waals surface area contributed by atoms with Gasteiger partial charge in [0.25, 0.3) is 5.78 Å². The maximum Gasteiger partial charge on any atom is 0.267 e. The highest BCUT2D eigenvalue weighted by atomic mass is 16.1. The molecule has 332 valence electrons. The van der Waals surface area contributed by atoms with Crippen LogP contribution < -0.4 is 0 Å². The summed E-state index contributed by atoms with van der Waals surface area (Å²) in [6.45, 7) is 0. The standard InChI is InChI=1S/C59H37N7O4/c60-49(45-29-13-25-41(33-45)37-17-5-1-6-18-37)54-61-55(50(67)46-30-14-26-42(34-46)38-19-7-2-8-20-38)64-58(62-54)53(70)59-65-56(51(68)47-31-15-27-43(35-47)39-21-9-3-10-22-39)63-57(66-59)52(69)48-32-16-28-44(36-48)40-23-11-4-12-24-40/h1-36,60H. The molecule has 0 aliphatic carbocycles. The number of ketones is 4. The van der Waals surface area contributed by atoms with Crippen LogP contribution >= 0.6 is 0 Å². The molecule has 0 bridgehead atoms. The zero-order chi connectivity index (χ0) is 48.0. The van der Waals surface area contributed by atoms with Crippen LogP contribution in [0.15, 0.2) is 218 Å². The van der Waals surface area contributed by atoms with Crippen molar-refractivity contribution in [3.8, 4) is 44.5 Å². The number of rotatable bonds is 14. The molecule has 0 radical (unpaired) electrons. The summed E-state index contributed by atoms with van der Waals surface area (Å²) in [6.07, 6.45) is 0. The molecular weight excluding hydrogens is 871 g/mol. The molecular formula is C59H37N7O4. The predicted molar refractivity (Wildman–Crippen MR) is 267 cm³/mol. The van der Waals surface area contributed by atoms with Gasteiger partial charge >= 0.3 is 0 Å². The summed E-state index contributed by atoms with van der Waals surface area (Å²) in [6, 6.07) is 65.8. The van der Waals surface area contributed by atoms with Gasteiger partial charge < -0.3 is 0 Å². The van der Waals surface area contributed by atoms with Crippen molar-refractivity contribution in [1.82, 2.24) is 29.9 Å². The molecule has 0 unspecified atom stereocenters. The van der Waals surface area contributed by atoms with E-state index in [1.807, 2.05) is 146 Å². The number of nitrogens with zero attached hydrogens (tertiary/aromatic N) is 6. The number of hydrogen-bond donors (Lipinski definition) is 1. The van der Waals surface area contributed by atoms with Gasteiger partial charge in [0.1, 0.15) is 5.71 Å². The zero-order valence-corrected chi connectivity index (χ0v) is 37.1. The molecule has 0 fully saturated rings. The van der Waals surface area contributed by atoms with Crippen molar-refractivity contribution < 1.29 is 19.2 Å². The van der Waals surface area contributed by atoms with Crippen molar-refractivity contribution in [2.24, 2.45) is 0 Å². The molecule has 0 amide bonds. The van der Waals surface area contributed by atoms with Gasteiger partial charge in [0.15, 0.2) is 5.82 Å². The first-order valence-electron chi connectivity index (χ1n) is 22.2. The minimum atomic E-state index is -1.05. The molecule has 0 aliphatic heterocycles. The Hall–Kier alpha value is -9.87. The summed E-state index contributed by atoms with van der Waals surface area (Å²) in [4.78, 5) is 84.8. The molecule has 10 rings (SSSR count). The fraction of sp³-hybridized carbons (Fsp3) is 0. The Morgan fingerprint density at radius 3 is 0.771 bits per heavy atom. The average molecular weight is 908 g/mol. The molecule has 70 heavy (non-hydrogen) atoms. The van der Waals surface area contributed by atoms with Gasteiger partial charge in [-0.3, -0.25) is 24.6 Å². The summed E-state index contributed by atoms with van der Waals surface area (Å²) >= 11 is 0. The summed E-state index contributed by atoms with van der Waals surface area (Å²) in [7, 11) is 0. The van der Waals surface area contributed by atoms with Crippen molar-refractivity contribution in [2.45, 2.75) is 0 Å². The minimum absolute atomic E-state index is 0.190. The van der Waals surface area contributed by atoms with Gasteiger partial charge in [0.2, 0.25) is 46.5 Å². The predicted octanol–water partition coefficient (Wildman–Crippen LogP) is 11.1. The van der Waals surface area contributed by atoms with Crippen LogP contribution in [0.4, 0.5) is 0 Å². The molecule has 2 aromatic heterocycles. The molecule has 11 heteroatoms. The third-order valence-electron chi connectivity index (χ3n) is 11.5. The molecule has 0 spiro atoms. The second-order valence-electron chi connectivity index (χ2n) is 16.1. The van der Waals surface area contributed by atoms with Crippen LogP contribution in [-0.2, 0) is 0 Å². The summed E-state index contributed by atoms with van der Waals surface area (Å²) in [5.41, 5.74) is 7.32. The normalized spacial score (nSPS) is 10.9. The van der Waals surface area contributed by atoms with E-state index in [-0.39, 0.29) is 28.2 Å². The Balaban J connectivity index is 1.10. The van der Waals surface area contributed by atoms with E-state index < -0.39 is 52.3 Å². The lowest BCUT2D eigenvalue weighted by Gasteiger charge is -2.11. The Morgan fingerprint density at radius 1 is 0.243 bits per heavy atom. The van der Waals surface area contributed by atoms with E-state index in [0.717, 1.165) is 44.5 Å². The average Bonchev–Trinajstić information content (AvgIpc) is 3.45. The Bertz CT molecular complexity index is 3180. The quantitative estimate of drug-likeness (QED) is 0.0818. The van der Waals surface area contributed by atoms with Crippen molar-refractivity contribution in [3.63, 3.8) is 0 Å². The minimum Gasteiger partial charge on any atom is -0.296 e.